The van der Waals surface area contributed by atoms with Crippen molar-refractivity contribution in [2.45, 2.75) is 33.4 Å². The van der Waals surface area contributed by atoms with Gasteiger partial charge in [-0.15, -0.1) is 5.10 Å². The summed E-state index contributed by atoms with van der Waals surface area (Å²) in [5, 5.41) is 16.9. The number of amides is 1. The van der Waals surface area contributed by atoms with Crippen LogP contribution < -0.4 is 10.7 Å². The number of hydrazine groups is 1. The molecule has 158 valence electrons. The number of nitrogens with zero attached hydrogens (tertiary/aromatic N) is 5. The van der Waals surface area contributed by atoms with Gasteiger partial charge in [-0.05, 0) is 65.8 Å². The zero-order chi connectivity index (χ0) is 21.8. The van der Waals surface area contributed by atoms with Crippen molar-refractivity contribution in [1.82, 2.24) is 36.0 Å². The average molecular weight is 416 g/mol. The van der Waals surface area contributed by atoms with E-state index in [1.54, 1.807) is 4.68 Å². The fraction of sp³-hybridized carbons (Fsp3) is 0.217. The molecule has 2 heterocycles. The number of tetrazole rings is 1. The van der Waals surface area contributed by atoms with Gasteiger partial charge in [0.1, 0.15) is 6.17 Å². The number of allylic oxidation sites excluding steroid dienone is 2. The number of aromatic nitrogens is 4. The second-order valence-electron chi connectivity index (χ2n) is 7.38. The number of rotatable bonds is 6. The normalized spacial score (nSPS) is 13.7. The Morgan fingerprint density at radius 1 is 1.13 bits per heavy atom. The van der Waals surface area contributed by atoms with Crippen molar-refractivity contribution in [3.63, 3.8) is 0 Å². The summed E-state index contributed by atoms with van der Waals surface area (Å²) in [6.07, 6.45) is 7.90. The summed E-state index contributed by atoms with van der Waals surface area (Å²) in [5.41, 5.74) is 7.49. The van der Waals surface area contributed by atoms with E-state index in [0.29, 0.717) is 12.0 Å². The van der Waals surface area contributed by atoms with Crippen molar-refractivity contribution in [2.75, 3.05) is 0 Å². The average Bonchev–Trinajstić information content (AvgIpc) is 3.29. The van der Waals surface area contributed by atoms with E-state index in [9.17, 15) is 4.79 Å². The summed E-state index contributed by atoms with van der Waals surface area (Å²) in [6, 6.07) is 13.9. The Bertz CT molecular complexity index is 1130. The first-order chi connectivity index (χ1) is 15.0. The molecule has 0 fully saturated rings. The summed E-state index contributed by atoms with van der Waals surface area (Å²) in [7, 11) is 0. The predicted octanol–water partition coefficient (Wildman–Crippen LogP) is 3.12. The molecule has 1 atom stereocenters. The van der Waals surface area contributed by atoms with E-state index in [2.05, 4.69) is 38.4 Å². The van der Waals surface area contributed by atoms with Crippen molar-refractivity contribution < 1.29 is 4.79 Å². The molecule has 1 aliphatic rings. The smallest absolute Gasteiger partial charge is 0.253 e. The van der Waals surface area contributed by atoms with Crippen molar-refractivity contribution in [1.29, 1.82) is 0 Å². The first-order valence-corrected chi connectivity index (χ1v) is 10.2. The van der Waals surface area contributed by atoms with Crippen LogP contribution in [-0.4, -0.2) is 37.3 Å². The molecule has 0 saturated heterocycles. The third-order valence-electron chi connectivity index (χ3n) is 5.09. The highest BCUT2D eigenvalue weighted by molar-refractivity contribution is 5.96. The predicted molar refractivity (Wildman–Crippen MR) is 119 cm³/mol. The molecule has 1 amide bonds. The van der Waals surface area contributed by atoms with Crippen molar-refractivity contribution in [3.05, 3.63) is 84.0 Å². The van der Waals surface area contributed by atoms with E-state index < -0.39 is 0 Å². The molecule has 3 aromatic rings. The van der Waals surface area contributed by atoms with Crippen LogP contribution in [0.25, 0.3) is 16.8 Å². The molecule has 4 rings (SSSR count). The maximum atomic E-state index is 13.1. The lowest BCUT2D eigenvalue weighted by atomic mass is 10.0. The molecular weight excluding hydrogens is 390 g/mol. The number of carbonyl (C=O) groups excluding carboxylic acids is 1. The molecule has 0 spiro atoms. The van der Waals surface area contributed by atoms with Gasteiger partial charge in [0.05, 0.1) is 5.69 Å². The monoisotopic (exact) mass is 415 g/mol. The minimum absolute atomic E-state index is 0.182. The number of aryl methyl sites for hydroxylation is 2. The summed E-state index contributed by atoms with van der Waals surface area (Å²) in [6.45, 7) is 5.96. The summed E-state index contributed by atoms with van der Waals surface area (Å²) < 4.78 is 1.68. The topological polar surface area (TPSA) is 88.0 Å². The van der Waals surface area contributed by atoms with Crippen molar-refractivity contribution >= 4 is 5.91 Å². The molecule has 2 N–H and O–H groups in total. The molecule has 1 unspecified atom stereocenters. The van der Waals surface area contributed by atoms with Gasteiger partial charge in [0.25, 0.3) is 5.91 Å². The summed E-state index contributed by atoms with van der Waals surface area (Å²) in [4.78, 5) is 13.1. The number of nitrogens with one attached hydrogen (secondary N) is 2. The van der Waals surface area contributed by atoms with Gasteiger partial charge < -0.3 is 10.7 Å². The minimum atomic E-state index is -0.251. The highest BCUT2D eigenvalue weighted by Gasteiger charge is 2.17. The Morgan fingerprint density at radius 2 is 1.94 bits per heavy atom. The van der Waals surface area contributed by atoms with Crippen molar-refractivity contribution in [2.24, 2.45) is 0 Å². The van der Waals surface area contributed by atoms with Crippen LogP contribution in [-0.2, 0) is 6.42 Å². The van der Waals surface area contributed by atoms with E-state index in [-0.39, 0.29) is 12.1 Å². The SMILES string of the molecule is CCc1nnnn1-c1cc(C(=O)NC(C)N2C=CC=CN2)cc(-c2ccc(C)cc2)c1. The van der Waals surface area contributed by atoms with Crippen molar-refractivity contribution in [3.8, 4) is 16.8 Å². The summed E-state index contributed by atoms with van der Waals surface area (Å²) >= 11 is 0. The molecule has 8 nitrogen and oxygen atoms in total. The number of hydrogen-bond donors (Lipinski definition) is 2. The molecule has 0 aliphatic carbocycles. The Hall–Kier alpha value is -3.94. The van der Waals surface area contributed by atoms with Gasteiger partial charge in [-0.1, -0.05) is 36.8 Å². The van der Waals surface area contributed by atoms with E-state index in [1.807, 2.05) is 80.7 Å². The second kappa shape index (κ2) is 8.83. The quantitative estimate of drug-likeness (QED) is 0.643. The molecule has 31 heavy (non-hydrogen) atoms. The first kappa shape index (κ1) is 20.3. The van der Waals surface area contributed by atoms with Crippen LogP contribution in [0.4, 0.5) is 0 Å². The van der Waals surface area contributed by atoms with Crippen LogP contribution in [0.2, 0.25) is 0 Å². The molecule has 0 bridgehead atoms. The highest BCUT2D eigenvalue weighted by atomic mass is 16.2. The van der Waals surface area contributed by atoms with Crippen LogP contribution in [0.15, 0.2) is 67.0 Å². The van der Waals surface area contributed by atoms with Gasteiger partial charge in [-0.25, -0.2) is 0 Å². The fourth-order valence-electron chi connectivity index (χ4n) is 3.36. The van der Waals surface area contributed by atoms with Gasteiger partial charge >= 0.3 is 0 Å². The fourth-order valence-corrected chi connectivity index (χ4v) is 3.36. The van der Waals surface area contributed by atoms with E-state index in [1.165, 1.54) is 5.56 Å². The Balaban J connectivity index is 1.70. The van der Waals surface area contributed by atoms with E-state index >= 15 is 0 Å². The Kier molecular flexibility index (Phi) is 5.79. The van der Waals surface area contributed by atoms with Crippen LogP contribution in [0.1, 0.15) is 35.6 Å². The number of hydrogen-bond acceptors (Lipinski definition) is 6. The van der Waals surface area contributed by atoms with E-state index in [0.717, 1.165) is 22.6 Å². The van der Waals surface area contributed by atoms with Gasteiger partial charge in [0.15, 0.2) is 5.82 Å². The van der Waals surface area contributed by atoms with Gasteiger partial charge in [-0.2, -0.15) is 4.68 Å². The molecule has 1 aromatic heterocycles. The molecule has 0 radical (unpaired) electrons. The first-order valence-electron chi connectivity index (χ1n) is 10.2. The highest BCUT2D eigenvalue weighted by Crippen LogP contribution is 2.25. The maximum Gasteiger partial charge on any atom is 0.253 e. The standard InChI is InChI=1S/C23H25N7O/c1-4-22-26-27-28-30(22)21-14-19(18-9-7-16(2)8-10-18)13-20(15-21)23(31)25-17(3)29-12-6-5-11-24-29/h5-15,17,24H,4H2,1-3H3,(H,25,31). The molecule has 1 aliphatic heterocycles. The Labute approximate surface area is 181 Å². The van der Waals surface area contributed by atoms with Crippen LogP contribution in [0.5, 0.6) is 0 Å². The van der Waals surface area contributed by atoms with Crippen LogP contribution >= 0.6 is 0 Å². The molecular formula is C23H25N7O. The van der Waals surface area contributed by atoms with Gasteiger partial charge in [-0.3, -0.25) is 9.80 Å². The lowest BCUT2D eigenvalue weighted by molar-refractivity contribution is 0.0878. The third-order valence-corrected chi connectivity index (χ3v) is 5.09. The number of benzene rings is 2. The van der Waals surface area contributed by atoms with Crippen LogP contribution in [0.3, 0.4) is 0 Å². The summed E-state index contributed by atoms with van der Waals surface area (Å²) in [5.74, 6) is 0.550. The molecule has 0 saturated carbocycles. The maximum absolute atomic E-state index is 13.1. The zero-order valence-electron chi connectivity index (χ0n) is 17.8. The Morgan fingerprint density at radius 3 is 2.65 bits per heavy atom. The lowest BCUT2D eigenvalue weighted by Crippen LogP contribution is -2.48. The largest absolute Gasteiger partial charge is 0.330 e. The minimum Gasteiger partial charge on any atom is -0.330 e. The second-order valence-corrected chi connectivity index (χ2v) is 7.38. The number of carbonyl (C=O) groups is 1. The van der Waals surface area contributed by atoms with Gasteiger partial charge in [0, 0.05) is 24.4 Å². The molecule has 8 heteroatoms. The van der Waals surface area contributed by atoms with Crippen LogP contribution in [0, 0.1) is 6.92 Å². The van der Waals surface area contributed by atoms with Gasteiger partial charge in [0.2, 0.25) is 0 Å². The third kappa shape index (κ3) is 4.48. The lowest BCUT2D eigenvalue weighted by Gasteiger charge is -2.29. The van der Waals surface area contributed by atoms with E-state index in [4.69, 9.17) is 0 Å². The molecule has 2 aromatic carbocycles. The zero-order valence-corrected chi connectivity index (χ0v) is 17.8.